The third-order valence-corrected chi connectivity index (χ3v) is 6.92. The van der Waals surface area contributed by atoms with Crippen LogP contribution in [0.1, 0.15) is 12.5 Å². The van der Waals surface area contributed by atoms with Crippen LogP contribution < -0.4 is 4.90 Å². The standard InChI is InChI=1S/C21H20F3N3OS2/c1-4-26(2)20(25-15-8-6-5-7-9-15)30-18(13-28)19-27(3)16-11-10-14(21(22,23)24)12-17(16)29-19/h5-13H,4H2,1-3H3/b19-18+,25-20?. The zero-order chi connectivity index (χ0) is 21.9. The van der Waals surface area contributed by atoms with Gasteiger partial charge in [0.25, 0.3) is 0 Å². The number of allylic oxidation sites excluding steroid dienone is 1. The number of halogens is 3. The number of aliphatic imine (C=N–C) groups is 1. The summed E-state index contributed by atoms with van der Waals surface area (Å²) in [7, 11) is 3.61. The molecule has 0 unspecified atom stereocenters. The Morgan fingerprint density at radius 2 is 1.93 bits per heavy atom. The molecule has 9 heteroatoms. The Hall–Kier alpha value is -2.39. The summed E-state index contributed by atoms with van der Waals surface area (Å²) in [6.07, 6.45) is -3.69. The van der Waals surface area contributed by atoms with E-state index in [4.69, 9.17) is 0 Å². The highest BCUT2D eigenvalue weighted by atomic mass is 32.2. The summed E-state index contributed by atoms with van der Waals surface area (Å²) in [5.41, 5.74) is 0.676. The number of anilines is 1. The number of carbonyl (C=O) groups is 1. The molecule has 0 spiro atoms. The molecule has 1 heterocycles. The number of hydrogen-bond donors (Lipinski definition) is 0. The van der Waals surface area contributed by atoms with Gasteiger partial charge in [-0.25, -0.2) is 4.99 Å². The number of carbonyl (C=O) groups excluding carboxylic acids is 1. The Bertz CT molecular complexity index is 991. The quantitative estimate of drug-likeness (QED) is 0.247. The number of fused-ring (bicyclic) bond motifs is 1. The van der Waals surface area contributed by atoms with Gasteiger partial charge in [0, 0.05) is 25.5 Å². The highest BCUT2D eigenvalue weighted by Crippen LogP contribution is 2.49. The zero-order valence-electron chi connectivity index (χ0n) is 16.6. The number of alkyl halides is 3. The van der Waals surface area contributed by atoms with Gasteiger partial charge in [-0.05, 0) is 49.0 Å². The second-order valence-electron chi connectivity index (χ2n) is 6.47. The first-order valence-electron chi connectivity index (χ1n) is 9.09. The van der Waals surface area contributed by atoms with Gasteiger partial charge >= 0.3 is 6.18 Å². The van der Waals surface area contributed by atoms with Crippen molar-refractivity contribution < 1.29 is 18.0 Å². The number of para-hydroxylation sites is 1. The summed E-state index contributed by atoms with van der Waals surface area (Å²) >= 11 is 2.36. The van der Waals surface area contributed by atoms with Crippen LogP contribution in [0, 0.1) is 0 Å². The van der Waals surface area contributed by atoms with E-state index >= 15 is 0 Å². The molecule has 0 atom stereocenters. The Morgan fingerprint density at radius 3 is 2.53 bits per heavy atom. The third kappa shape index (κ3) is 4.84. The lowest BCUT2D eigenvalue weighted by Gasteiger charge is -2.21. The van der Waals surface area contributed by atoms with Crippen molar-refractivity contribution in [1.82, 2.24) is 4.90 Å². The van der Waals surface area contributed by atoms with E-state index in [1.807, 2.05) is 49.2 Å². The zero-order valence-corrected chi connectivity index (χ0v) is 18.2. The maximum Gasteiger partial charge on any atom is 0.416 e. The van der Waals surface area contributed by atoms with Crippen molar-refractivity contribution in [3.05, 3.63) is 64.0 Å². The molecule has 30 heavy (non-hydrogen) atoms. The van der Waals surface area contributed by atoms with Crippen molar-refractivity contribution in [1.29, 1.82) is 0 Å². The van der Waals surface area contributed by atoms with E-state index < -0.39 is 11.7 Å². The number of benzene rings is 2. The smallest absolute Gasteiger partial charge is 0.354 e. The molecular weight excluding hydrogens is 431 g/mol. The van der Waals surface area contributed by atoms with Gasteiger partial charge in [-0.2, -0.15) is 13.2 Å². The maximum absolute atomic E-state index is 13.1. The summed E-state index contributed by atoms with van der Waals surface area (Å²) in [5, 5.41) is 1.20. The van der Waals surface area contributed by atoms with Crippen molar-refractivity contribution in [3.63, 3.8) is 0 Å². The van der Waals surface area contributed by atoms with Crippen molar-refractivity contribution in [2.45, 2.75) is 18.0 Å². The SMILES string of the molecule is CCN(C)C(=Nc1ccccc1)S/C(C=O)=C1/Sc2cc(C(F)(F)F)ccc2N1C. The fraction of sp³-hybridized carbons (Fsp3) is 0.238. The minimum Gasteiger partial charge on any atom is -0.354 e. The van der Waals surface area contributed by atoms with Gasteiger partial charge in [-0.1, -0.05) is 30.0 Å². The largest absolute Gasteiger partial charge is 0.416 e. The minimum absolute atomic E-state index is 0.391. The van der Waals surface area contributed by atoms with Crippen LogP contribution in [0.15, 0.2) is 68.4 Å². The van der Waals surface area contributed by atoms with E-state index in [9.17, 15) is 18.0 Å². The average molecular weight is 452 g/mol. The molecule has 0 bridgehead atoms. The Balaban J connectivity index is 1.96. The van der Waals surface area contributed by atoms with E-state index in [0.717, 1.165) is 35.9 Å². The van der Waals surface area contributed by atoms with Gasteiger partial charge in [-0.3, -0.25) is 4.79 Å². The van der Waals surface area contributed by atoms with Gasteiger partial charge in [-0.15, -0.1) is 0 Å². The van der Waals surface area contributed by atoms with E-state index in [-0.39, 0.29) is 0 Å². The maximum atomic E-state index is 13.1. The van der Waals surface area contributed by atoms with Gasteiger partial charge in [0.1, 0.15) is 0 Å². The molecule has 0 amide bonds. The molecule has 3 rings (SSSR count). The molecule has 2 aromatic rings. The van der Waals surface area contributed by atoms with Gasteiger partial charge in [0.05, 0.1) is 26.9 Å². The van der Waals surface area contributed by atoms with E-state index in [1.165, 1.54) is 17.8 Å². The molecule has 0 fully saturated rings. The highest BCUT2D eigenvalue weighted by molar-refractivity contribution is 8.18. The van der Waals surface area contributed by atoms with Crippen molar-refractivity contribution in [3.8, 4) is 0 Å². The minimum atomic E-state index is -4.41. The van der Waals surface area contributed by atoms with Crippen LogP contribution >= 0.6 is 23.5 Å². The Kier molecular flexibility index (Phi) is 6.82. The molecule has 1 aliphatic heterocycles. The normalized spacial score (nSPS) is 15.8. The van der Waals surface area contributed by atoms with Gasteiger partial charge in [0.15, 0.2) is 11.5 Å². The lowest BCUT2D eigenvalue weighted by Crippen LogP contribution is -2.24. The summed E-state index contributed by atoms with van der Waals surface area (Å²) in [6, 6.07) is 13.0. The first-order chi connectivity index (χ1) is 14.2. The summed E-state index contributed by atoms with van der Waals surface area (Å²) in [4.78, 5) is 21.1. The first kappa shape index (κ1) is 22.3. The molecule has 4 nitrogen and oxygen atoms in total. The fourth-order valence-electron chi connectivity index (χ4n) is 2.70. The summed E-state index contributed by atoms with van der Waals surface area (Å²) in [6.45, 7) is 2.65. The number of rotatable bonds is 4. The summed E-state index contributed by atoms with van der Waals surface area (Å²) in [5.74, 6) is 0. The third-order valence-electron chi connectivity index (χ3n) is 4.46. The van der Waals surface area contributed by atoms with Crippen LogP contribution in [0.3, 0.4) is 0 Å². The molecule has 0 aromatic heterocycles. The lowest BCUT2D eigenvalue weighted by molar-refractivity contribution is -0.137. The van der Waals surface area contributed by atoms with Crippen LogP contribution in [0.4, 0.5) is 24.5 Å². The number of amidine groups is 1. The molecule has 0 N–H and O–H groups in total. The fourth-order valence-corrected chi connectivity index (χ4v) is 4.94. The average Bonchev–Trinajstić information content (AvgIpc) is 3.06. The van der Waals surface area contributed by atoms with E-state index in [1.54, 1.807) is 11.9 Å². The summed E-state index contributed by atoms with van der Waals surface area (Å²) < 4.78 is 39.2. The van der Waals surface area contributed by atoms with Crippen molar-refractivity contribution in [2.24, 2.45) is 4.99 Å². The van der Waals surface area contributed by atoms with Crippen molar-refractivity contribution in [2.75, 3.05) is 25.5 Å². The van der Waals surface area contributed by atoms with Crippen LogP contribution in [0.5, 0.6) is 0 Å². The molecule has 0 saturated heterocycles. The predicted molar refractivity (Wildman–Crippen MR) is 118 cm³/mol. The van der Waals surface area contributed by atoms with Gasteiger partial charge in [0.2, 0.25) is 0 Å². The van der Waals surface area contributed by atoms with E-state index in [0.29, 0.717) is 32.2 Å². The number of aldehydes is 1. The van der Waals surface area contributed by atoms with Crippen LogP contribution in [0.25, 0.3) is 0 Å². The molecule has 0 aliphatic carbocycles. The highest BCUT2D eigenvalue weighted by Gasteiger charge is 2.34. The number of hydrogen-bond acceptors (Lipinski definition) is 5. The molecule has 0 radical (unpaired) electrons. The number of thioether (sulfide) groups is 2. The monoisotopic (exact) mass is 451 g/mol. The topological polar surface area (TPSA) is 35.9 Å². The molecule has 1 aliphatic rings. The van der Waals surface area contributed by atoms with E-state index in [2.05, 4.69) is 4.99 Å². The second-order valence-corrected chi connectivity index (χ2v) is 8.51. The molecule has 2 aromatic carbocycles. The number of nitrogens with zero attached hydrogens (tertiary/aromatic N) is 3. The predicted octanol–water partition coefficient (Wildman–Crippen LogP) is 5.99. The Labute approximate surface area is 181 Å². The van der Waals surface area contributed by atoms with Crippen LogP contribution in [0.2, 0.25) is 0 Å². The van der Waals surface area contributed by atoms with Crippen molar-refractivity contribution >= 4 is 46.4 Å². The van der Waals surface area contributed by atoms with Crippen LogP contribution in [-0.4, -0.2) is 37.0 Å². The Morgan fingerprint density at radius 1 is 1.23 bits per heavy atom. The lowest BCUT2D eigenvalue weighted by atomic mass is 10.2. The first-order valence-corrected chi connectivity index (χ1v) is 10.7. The van der Waals surface area contributed by atoms with Crippen LogP contribution in [-0.2, 0) is 11.0 Å². The van der Waals surface area contributed by atoms with Gasteiger partial charge < -0.3 is 9.80 Å². The molecular formula is C21H20F3N3OS2. The second kappa shape index (κ2) is 9.18. The molecule has 158 valence electrons. The molecule has 0 saturated carbocycles.